The lowest BCUT2D eigenvalue weighted by molar-refractivity contribution is -0.144. The van der Waals surface area contributed by atoms with Gasteiger partial charge < -0.3 is 19.3 Å². The van der Waals surface area contributed by atoms with Gasteiger partial charge in [0.05, 0.1) is 46.5 Å². The predicted molar refractivity (Wildman–Crippen MR) is 146 cm³/mol. The molecule has 4 aliphatic heterocycles. The SMILES string of the molecule is CC1OC1C1N(c2cccc3c(N4C(=O)C5(CCCCC5)C4C4OC4C)cccc23)C(=O)C12CCCCC2. The first kappa shape index (κ1) is 23.4. The minimum Gasteiger partial charge on any atom is -0.368 e. The molecule has 0 radical (unpaired) electrons. The van der Waals surface area contributed by atoms with Crippen LogP contribution in [0.15, 0.2) is 36.4 Å². The molecule has 0 bridgehead atoms. The van der Waals surface area contributed by atoms with Crippen molar-refractivity contribution in [2.45, 2.75) is 115 Å². The number of nitrogens with zero attached hydrogens (tertiary/aromatic N) is 2. The summed E-state index contributed by atoms with van der Waals surface area (Å²) in [5, 5.41) is 2.09. The molecule has 4 heterocycles. The molecule has 200 valence electrons. The molecule has 6 fully saturated rings. The molecular weight excluding hydrogens is 476 g/mol. The van der Waals surface area contributed by atoms with Crippen LogP contribution in [0.3, 0.4) is 0 Å². The number of carbonyl (C=O) groups is 2. The van der Waals surface area contributed by atoms with E-state index in [0.29, 0.717) is 0 Å². The summed E-state index contributed by atoms with van der Waals surface area (Å²) >= 11 is 0. The first-order chi connectivity index (χ1) is 18.5. The van der Waals surface area contributed by atoms with Crippen molar-refractivity contribution in [1.82, 2.24) is 0 Å². The lowest BCUT2D eigenvalue weighted by Crippen LogP contribution is -2.72. The summed E-state index contributed by atoms with van der Waals surface area (Å²) in [5.41, 5.74) is 1.40. The summed E-state index contributed by atoms with van der Waals surface area (Å²) in [7, 11) is 0. The Balaban J connectivity index is 1.20. The van der Waals surface area contributed by atoms with E-state index < -0.39 is 0 Å². The molecule has 6 heteroatoms. The van der Waals surface area contributed by atoms with Gasteiger partial charge in [-0.25, -0.2) is 0 Å². The highest BCUT2D eigenvalue weighted by Crippen LogP contribution is 2.59. The Labute approximate surface area is 224 Å². The van der Waals surface area contributed by atoms with Crippen molar-refractivity contribution >= 4 is 34.0 Å². The number of anilines is 2. The molecule has 6 nitrogen and oxygen atoms in total. The molecule has 0 aromatic heterocycles. The van der Waals surface area contributed by atoms with Crippen LogP contribution >= 0.6 is 0 Å². The van der Waals surface area contributed by atoms with Gasteiger partial charge in [0.25, 0.3) is 0 Å². The molecule has 4 saturated heterocycles. The topological polar surface area (TPSA) is 65.7 Å². The van der Waals surface area contributed by atoms with Crippen LogP contribution in [0.4, 0.5) is 11.4 Å². The second kappa shape index (κ2) is 8.04. The average Bonchev–Trinajstić information content (AvgIpc) is 3.87. The maximum atomic E-state index is 13.9. The van der Waals surface area contributed by atoms with E-state index in [1.165, 1.54) is 12.8 Å². The van der Waals surface area contributed by atoms with Crippen LogP contribution in [0.25, 0.3) is 10.8 Å². The molecule has 0 N–H and O–H groups in total. The van der Waals surface area contributed by atoms with Crippen LogP contribution in [0.5, 0.6) is 0 Å². The van der Waals surface area contributed by atoms with Crippen LogP contribution in [-0.2, 0) is 19.1 Å². The van der Waals surface area contributed by atoms with Crippen molar-refractivity contribution in [1.29, 1.82) is 0 Å². The number of β-lactam (4-membered cyclic amide) rings is 2. The number of hydrogen-bond acceptors (Lipinski definition) is 4. The van der Waals surface area contributed by atoms with Gasteiger partial charge in [-0.15, -0.1) is 0 Å². The zero-order valence-corrected chi connectivity index (χ0v) is 22.5. The maximum Gasteiger partial charge on any atom is 0.235 e. The third-order valence-electron chi connectivity index (χ3n) is 11.0. The minimum atomic E-state index is -0.265. The number of benzene rings is 2. The molecule has 2 saturated carbocycles. The van der Waals surface area contributed by atoms with Crippen molar-refractivity contribution in [3.05, 3.63) is 36.4 Å². The number of epoxide rings is 2. The first-order valence-corrected chi connectivity index (χ1v) is 15.0. The van der Waals surface area contributed by atoms with Gasteiger partial charge in [0, 0.05) is 10.8 Å². The monoisotopic (exact) mass is 514 g/mol. The summed E-state index contributed by atoms with van der Waals surface area (Å²) in [6.45, 7) is 4.25. The smallest absolute Gasteiger partial charge is 0.235 e. The highest BCUT2D eigenvalue weighted by molar-refractivity contribution is 6.16. The second-order valence-corrected chi connectivity index (χ2v) is 12.9. The van der Waals surface area contributed by atoms with Gasteiger partial charge in [-0.2, -0.15) is 0 Å². The zero-order valence-electron chi connectivity index (χ0n) is 22.5. The van der Waals surface area contributed by atoms with E-state index in [1.807, 2.05) is 0 Å². The Morgan fingerprint density at radius 2 is 1.00 bits per heavy atom. The van der Waals surface area contributed by atoms with E-state index in [2.05, 4.69) is 60.0 Å². The lowest BCUT2D eigenvalue weighted by atomic mass is 9.60. The molecule has 2 spiro atoms. The quantitative estimate of drug-likeness (QED) is 0.385. The predicted octanol–water partition coefficient (Wildman–Crippen LogP) is 5.75. The highest BCUT2D eigenvalue weighted by Gasteiger charge is 2.69. The summed E-state index contributed by atoms with van der Waals surface area (Å²) in [5.74, 6) is 0.532. The molecule has 38 heavy (non-hydrogen) atoms. The molecular formula is C32H38N2O4. The Morgan fingerprint density at radius 3 is 1.34 bits per heavy atom. The Morgan fingerprint density at radius 1 is 0.632 bits per heavy atom. The average molecular weight is 515 g/mol. The van der Waals surface area contributed by atoms with Gasteiger partial charge in [-0.1, -0.05) is 62.8 Å². The van der Waals surface area contributed by atoms with Crippen molar-refractivity contribution in [2.75, 3.05) is 9.80 Å². The molecule has 6 unspecified atom stereocenters. The lowest BCUT2D eigenvalue weighted by Gasteiger charge is -2.58. The number of carbonyl (C=O) groups excluding carboxylic acids is 2. The van der Waals surface area contributed by atoms with Gasteiger partial charge in [0.15, 0.2) is 0 Å². The molecule has 2 amide bonds. The first-order valence-electron chi connectivity index (χ1n) is 15.0. The number of rotatable bonds is 4. The van der Waals surface area contributed by atoms with Crippen LogP contribution < -0.4 is 9.80 Å². The van der Waals surface area contributed by atoms with E-state index in [4.69, 9.17) is 9.47 Å². The maximum absolute atomic E-state index is 13.9. The Hall–Kier alpha value is -2.44. The van der Waals surface area contributed by atoms with Gasteiger partial charge in [-0.05, 0) is 51.7 Å². The molecule has 6 atom stereocenters. The van der Waals surface area contributed by atoms with E-state index in [0.717, 1.165) is 73.5 Å². The number of ether oxygens (including phenoxy) is 2. The summed E-state index contributed by atoms with van der Waals surface area (Å²) in [6.07, 6.45) is 11.5. The fourth-order valence-corrected chi connectivity index (χ4v) is 8.94. The molecule has 2 aromatic rings. The zero-order chi connectivity index (χ0) is 25.8. The second-order valence-electron chi connectivity index (χ2n) is 12.9. The number of amides is 2. The van der Waals surface area contributed by atoms with Crippen molar-refractivity contribution in [3.8, 4) is 0 Å². The Bertz CT molecular complexity index is 1220. The van der Waals surface area contributed by atoms with Gasteiger partial charge in [0.2, 0.25) is 11.8 Å². The largest absolute Gasteiger partial charge is 0.368 e. The normalized spacial score (nSPS) is 36.9. The van der Waals surface area contributed by atoms with E-state index in [9.17, 15) is 9.59 Å². The van der Waals surface area contributed by atoms with Crippen molar-refractivity contribution in [3.63, 3.8) is 0 Å². The number of hydrogen-bond donors (Lipinski definition) is 0. The summed E-state index contributed by atoms with van der Waals surface area (Å²) in [6, 6.07) is 12.7. The fraction of sp³-hybridized carbons (Fsp3) is 0.625. The van der Waals surface area contributed by atoms with Crippen LogP contribution in [0.2, 0.25) is 0 Å². The van der Waals surface area contributed by atoms with Gasteiger partial charge >= 0.3 is 0 Å². The van der Waals surface area contributed by atoms with Gasteiger partial charge in [-0.3, -0.25) is 9.59 Å². The van der Waals surface area contributed by atoms with Crippen LogP contribution in [-0.4, -0.2) is 48.3 Å². The van der Waals surface area contributed by atoms with Crippen molar-refractivity contribution in [2.24, 2.45) is 10.8 Å². The van der Waals surface area contributed by atoms with Crippen LogP contribution in [0.1, 0.15) is 78.1 Å². The molecule has 6 aliphatic rings. The van der Waals surface area contributed by atoms with E-state index in [-0.39, 0.29) is 59.1 Å². The van der Waals surface area contributed by atoms with Crippen LogP contribution in [0, 0.1) is 10.8 Å². The van der Waals surface area contributed by atoms with Crippen molar-refractivity contribution < 1.29 is 19.1 Å². The minimum absolute atomic E-state index is 0.101. The third-order valence-corrected chi connectivity index (χ3v) is 11.0. The van der Waals surface area contributed by atoms with E-state index in [1.54, 1.807) is 0 Å². The molecule has 8 rings (SSSR count). The number of fused-ring (bicyclic) bond motifs is 1. The third kappa shape index (κ3) is 2.96. The summed E-state index contributed by atoms with van der Waals surface area (Å²) < 4.78 is 12.0. The summed E-state index contributed by atoms with van der Waals surface area (Å²) in [4.78, 5) is 32.0. The molecule has 2 aliphatic carbocycles. The highest BCUT2D eigenvalue weighted by atomic mass is 16.6. The standard InChI is InChI=1S/C32H38N2O4/c1-19-25(37-19)27-31(15-5-3-6-16-31)29(35)33(27)23-13-9-12-22-21(23)11-10-14-24(22)34-28(26-20(2)38-26)32(30(34)36)17-7-4-8-18-32/h9-14,19-20,25-28H,3-8,15-18H2,1-2H3. The fourth-order valence-electron chi connectivity index (χ4n) is 8.94. The van der Waals surface area contributed by atoms with Gasteiger partial charge in [0.1, 0.15) is 12.2 Å². The van der Waals surface area contributed by atoms with E-state index >= 15 is 0 Å². The Kier molecular flexibility index (Phi) is 4.96. The molecule has 2 aromatic carbocycles.